The van der Waals surface area contributed by atoms with Gasteiger partial charge in [0, 0.05) is 38.3 Å². The molecule has 0 bridgehead atoms. The van der Waals surface area contributed by atoms with E-state index in [-0.39, 0.29) is 5.41 Å². The molecule has 0 atom stereocenters. The molecule has 0 spiro atoms. The fourth-order valence-electron chi connectivity index (χ4n) is 9.17. The van der Waals surface area contributed by atoms with E-state index in [4.69, 9.17) is 9.97 Å². The lowest BCUT2D eigenvalue weighted by Crippen LogP contribution is -2.14. The molecule has 0 fully saturated rings. The summed E-state index contributed by atoms with van der Waals surface area (Å²) in [5.74, 6) is 0.649. The molecule has 11 rings (SSSR count). The summed E-state index contributed by atoms with van der Waals surface area (Å²) in [5, 5.41) is 7.25. The second-order valence-electron chi connectivity index (χ2n) is 14.9. The maximum atomic E-state index is 5.48. The molecule has 1 aliphatic rings. The number of fused-ring (bicyclic) bond motifs is 11. The molecule has 0 aliphatic heterocycles. The van der Waals surface area contributed by atoms with E-state index in [9.17, 15) is 0 Å². The van der Waals surface area contributed by atoms with Gasteiger partial charge in [-0.1, -0.05) is 184 Å². The van der Waals surface area contributed by atoms with Crippen molar-refractivity contribution in [3.8, 4) is 50.7 Å². The minimum absolute atomic E-state index is 0.118. The predicted octanol–water partition coefficient (Wildman–Crippen LogP) is 13.2. The summed E-state index contributed by atoms with van der Waals surface area (Å²) < 4.78 is 2.37. The topological polar surface area (TPSA) is 30.7 Å². The minimum Gasteiger partial charge on any atom is -0.277 e. The van der Waals surface area contributed by atoms with Crippen LogP contribution in [0.2, 0.25) is 0 Å². The summed E-state index contributed by atoms with van der Waals surface area (Å²) in [6, 6.07) is 63.3. The van der Waals surface area contributed by atoms with Crippen molar-refractivity contribution in [3.63, 3.8) is 0 Å². The van der Waals surface area contributed by atoms with Crippen molar-refractivity contribution >= 4 is 43.4 Å². The number of aromatic nitrogens is 3. The molecule has 2 heterocycles. The largest absolute Gasteiger partial charge is 0.277 e. The molecule has 3 nitrogen and oxygen atoms in total. The number of benzene rings is 8. The number of hydrogen-bond donors (Lipinski definition) is 0. The van der Waals surface area contributed by atoms with E-state index in [0.29, 0.717) is 5.95 Å². The summed E-state index contributed by atoms with van der Waals surface area (Å²) in [5.41, 5.74) is 13.7. The van der Waals surface area contributed by atoms with Gasteiger partial charge in [0.2, 0.25) is 5.95 Å². The van der Waals surface area contributed by atoms with Crippen LogP contribution in [-0.4, -0.2) is 14.5 Å². The highest BCUT2D eigenvalue weighted by molar-refractivity contribution is 6.33. The lowest BCUT2D eigenvalue weighted by atomic mass is 9.82. The van der Waals surface area contributed by atoms with Crippen LogP contribution >= 0.6 is 0 Å². The van der Waals surface area contributed by atoms with Gasteiger partial charge in [-0.25, -0.2) is 9.97 Å². The van der Waals surface area contributed by atoms with Gasteiger partial charge in [-0.15, -0.1) is 0 Å². The van der Waals surface area contributed by atoms with E-state index in [1.165, 1.54) is 60.1 Å². The first-order valence-corrected chi connectivity index (χ1v) is 18.7. The third-order valence-electron chi connectivity index (χ3n) is 11.6. The first kappa shape index (κ1) is 30.8. The molecule has 254 valence electrons. The Morgan fingerprint density at radius 3 is 1.61 bits per heavy atom. The van der Waals surface area contributed by atoms with Gasteiger partial charge in [0.25, 0.3) is 0 Å². The highest BCUT2D eigenvalue weighted by Gasteiger charge is 2.37. The van der Waals surface area contributed by atoms with Crippen LogP contribution in [0.5, 0.6) is 0 Å². The molecular formula is C51H35N3. The van der Waals surface area contributed by atoms with Gasteiger partial charge in [-0.3, -0.25) is 4.57 Å². The quantitative estimate of drug-likeness (QED) is 0.172. The van der Waals surface area contributed by atoms with Crippen molar-refractivity contribution in [2.24, 2.45) is 0 Å². The van der Waals surface area contributed by atoms with Gasteiger partial charge in [0.1, 0.15) is 0 Å². The summed E-state index contributed by atoms with van der Waals surface area (Å²) in [7, 11) is 0. The second-order valence-corrected chi connectivity index (χ2v) is 14.9. The normalized spacial score (nSPS) is 13.1. The standard InChI is InChI=1S/C51H35N3/c1-51(2)42-29-14-13-25-40(42)46-37(26-16-30-43(46)51)39-27-15-28-41-47-36-23-11-9-21-34(36)35-22-10-12-24-38(35)49(47)54(48(39)41)50-52-44(32-17-5-3-6-18-32)31-45(53-50)33-19-7-4-8-20-33/h3-31H,1-2H3. The average Bonchev–Trinajstić information content (AvgIpc) is 3.71. The Labute approximate surface area is 313 Å². The monoisotopic (exact) mass is 689 g/mol. The maximum Gasteiger partial charge on any atom is 0.235 e. The van der Waals surface area contributed by atoms with E-state index in [2.05, 4.69) is 194 Å². The summed E-state index contributed by atoms with van der Waals surface area (Å²) in [6.45, 7) is 4.71. The molecule has 3 heteroatoms. The average molecular weight is 690 g/mol. The van der Waals surface area contributed by atoms with Crippen LogP contribution in [0.3, 0.4) is 0 Å². The van der Waals surface area contributed by atoms with Gasteiger partial charge in [-0.05, 0) is 50.0 Å². The highest BCUT2D eigenvalue weighted by atomic mass is 15.2. The SMILES string of the molecule is CC1(C)c2ccccc2-c2c(-c3cccc4c5c6ccccc6c6ccccc6c5n(-c5nc(-c6ccccc6)cc(-c6ccccc6)n5)c34)cccc21. The molecule has 2 aromatic heterocycles. The van der Waals surface area contributed by atoms with Gasteiger partial charge < -0.3 is 0 Å². The van der Waals surface area contributed by atoms with E-state index >= 15 is 0 Å². The molecule has 0 amide bonds. The van der Waals surface area contributed by atoms with Crippen LogP contribution in [0.4, 0.5) is 0 Å². The summed E-state index contributed by atoms with van der Waals surface area (Å²) in [6.07, 6.45) is 0. The molecule has 0 unspecified atom stereocenters. The van der Waals surface area contributed by atoms with E-state index in [0.717, 1.165) is 39.1 Å². The van der Waals surface area contributed by atoms with Gasteiger partial charge in [0.15, 0.2) is 0 Å². The van der Waals surface area contributed by atoms with Crippen LogP contribution in [0, 0.1) is 0 Å². The zero-order valence-corrected chi connectivity index (χ0v) is 30.1. The highest BCUT2D eigenvalue weighted by Crippen LogP contribution is 2.53. The number of hydrogen-bond acceptors (Lipinski definition) is 2. The zero-order valence-electron chi connectivity index (χ0n) is 30.1. The van der Waals surface area contributed by atoms with Crippen molar-refractivity contribution in [3.05, 3.63) is 187 Å². The lowest BCUT2D eigenvalue weighted by Gasteiger charge is -2.21. The van der Waals surface area contributed by atoms with E-state index in [1.807, 2.05) is 0 Å². The molecular weight excluding hydrogens is 655 g/mol. The molecule has 0 N–H and O–H groups in total. The van der Waals surface area contributed by atoms with Crippen LogP contribution in [0.1, 0.15) is 25.0 Å². The Morgan fingerprint density at radius 2 is 0.907 bits per heavy atom. The fourth-order valence-corrected chi connectivity index (χ4v) is 9.17. The van der Waals surface area contributed by atoms with Gasteiger partial charge >= 0.3 is 0 Å². The van der Waals surface area contributed by atoms with Gasteiger partial charge in [0.05, 0.1) is 22.4 Å². The van der Waals surface area contributed by atoms with Crippen molar-refractivity contribution < 1.29 is 0 Å². The molecule has 8 aromatic carbocycles. The first-order valence-electron chi connectivity index (χ1n) is 18.7. The molecule has 1 aliphatic carbocycles. The Hall–Kier alpha value is -6.84. The smallest absolute Gasteiger partial charge is 0.235 e. The van der Waals surface area contributed by atoms with Crippen LogP contribution < -0.4 is 0 Å². The summed E-state index contributed by atoms with van der Waals surface area (Å²) >= 11 is 0. The number of nitrogens with zero attached hydrogens (tertiary/aromatic N) is 3. The van der Waals surface area contributed by atoms with Crippen molar-refractivity contribution in [2.75, 3.05) is 0 Å². The zero-order chi connectivity index (χ0) is 36.0. The molecule has 0 saturated heterocycles. The third-order valence-corrected chi connectivity index (χ3v) is 11.6. The van der Waals surface area contributed by atoms with Crippen molar-refractivity contribution in [1.82, 2.24) is 14.5 Å². The van der Waals surface area contributed by atoms with Crippen molar-refractivity contribution in [2.45, 2.75) is 19.3 Å². The van der Waals surface area contributed by atoms with Crippen molar-refractivity contribution in [1.29, 1.82) is 0 Å². The lowest BCUT2D eigenvalue weighted by molar-refractivity contribution is 0.660. The van der Waals surface area contributed by atoms with Gasteiger partial charge in [-0.2, -0.15) is 0 Å². The molecule has 0 saturated carbocycles. The Bertz CT molecular complexity index is 3060. The number of para-hydroxylation sites is 1. The van der Waals surface area contributed by atoms with Crippen LogP contribution in [-0.2, 0) is 5.41 Å². The van der Waals surface area contributed by atoms with Crippen LogP contribution in [0.15, 0.2) is 176 Å². The predicted molar refractivity (Wildman–Crippen MR) is 225 cm³/mol. The Balaban J connectivity index is 1.35. The number of rotatable bonds is 4. The fraction of sp³-hybridized carbons (Fsp3) is 0.0588. The second kappa shape index (κ2) is 11.6. The Morgan fingerprint density at radius 1 is 0.407 bits per heavy atom. The molecule has 0 radical (unpaired) electrons. The maximum absolute atomic E-state index is 5.48. The summed E-state index contributed by atoms with van der Waals surface area (Å²) in [4.78, 5) is 11.0. The molecule has 54 heavy (non-hydrogen) atoms. The Kier molecular flexibility index (Phi) is 6.60. The van der Waals surface area contributed by atoms with E-state index < -0.39 is 0 Å². The van der Waals surface area contributed by atoms with E-state index in [1.54, 1.807) is 0 Å². The molecule has 10 aromatic rings. The van der Waals surface area contributed by atoms with Crippen LogP contribution in [0.25, 0.3) is 94.1 Å². The minimum atomic E-state index is -0.118. The third kappa shape index (κ3) is 4.36. The first-order chi connectivity index (χ1) is 26.6.